The summed E-state index contributed by atoms with van der Waals surface area (Å²) in [6.07, 6.45) is 0.864. The number of hydrogen-bond donors (Lipinski definition) is 2. The van der Waals surface area contributed by atoms with Crippen LogP contribution in [0.4, 0.5) is 8.78 Å². The van der Waals surface area contributed by atoms with E-state index in [0.29, 0.717) is 12.0 Å². The predicted octanol–water partition coefficient (Wildman–Crippen LogP) is 1.46. The fourth-order valence-electron chi connectivity index (χ4n) is 3.23. The Hall–Kier alpha value is -3.54. The van der Waals surface area contributed by atoms with Crippen molar-refractivity contribution in [3.05, 3.63) is 69.6 Å². The van der Waals surface area contributed by atoms with Gasteiger partial charge in [-0.15, -0.1) is 0 Å². The molecule has 9 heteroatoms. The lowest BCUT2D eigenvalue weighted by atomic mass is 10.0. The number of nitriles is 1. The fourth-order valence-corrected chi connectivity index (χ4v) is 3.23. The summed E-state index contributed by atoms with van der Waals surface area (Å²) in [6.45, 7) is -1.38. The summed E-state index contributed by atoms with van der Waals surface area (Å²) in [7, 11) is 0. The number of H-pyrrole nitrogens is 1. The molecule has 1 saturated heterocycles. The van der Waals surface area contributed by atoms with Gasteiger partial charge < -0.3 is 15.2 Å². The molecule has 1 aliphatic rings. The number of aromatic amines is 1. The van der Waals surface area contributed by atoms with Crippen molar-refractivity contribution in [3.63, 3.8) is 0 Å². The van der Waals surface area contributed by atoms with Crippen LogP contribution in [0.1, 0.15) is 27.9 Å². The third-order valence-corrected chi connectivity index (χ3v) is 4.63. The molecule has 2 heterocycles. The van der Waals surface area contributed by atoms with Crippen molar-refractivity contribution < 1.29 is 18.4 Å². The van der Waals surface area contributed by atoms with Gasteiger partial charge in [-0.3, -0.25) is 14.4 Å². The van der Waals surface area contributed by atoms with Gasteiger partial charge in [0, 0.05) is 18.7 Å². The van der Waals surface area contributed by atoms with Gasteiger partial charge in [0.2, 0.25) is 11.5 Å². The highest BCUT2D eigenvalue weighted by Crippen LogP contribution is 2.31. The Labute approximate surface area is 165 Å². The smallest absolute Gasteiger partial charge is 0.268 e. The maximum atomic E-state index is 13.5. The third-order valence-electron chi connectivity index (χ3n) is 4.63. The lowest BCUT2D eigenvalue weighted by molar-refractivity contribution is -0.131. The minimum atomic E-state index is -3.12. The largest absolute Gasteiger partial charge is 0.343 e. The number of alkyl halides is 2. The van der Waals surface area contributed by atoms with Crippen LogP contribution >= 0.6 is 0 Å². The number of pyridine rings is 1. The number of hydrogen-bond acceptors (Lipinski definition) is 4. The molecule has 2 aromatic rings. The second-order valence-corrected chi connectivity index (χ2v) is 6.81. The molecule has 0 aliphatic carbocycles. The Bertz CT molecular complexity index is 1010. The van der Waals surface area contributed by atoms with Gasteiger partial charge in [0.05, 0.1) is 24.7 Å². The van der Waals surface area contributed by atoms with Crippen LogP contribution < -0.4 is 10.9 Å². The monoisotopic (exact) mass is 400 g/mol. The van der Waals surface area contributed by atoms with Crippen LogP contribution in [0.5, 0.6) is 0 Å². The maximum absolute atomic E-state index is 13.5. The number of halogens is 2. The van der Waals surface area contributed by atoms with Gasteiger partial charge in [-0.2, -0.15) is 5.26 Å². The Balaban J connectivity index is 1.70. The van der Waals surface area contributed by atoms with E-state index >= 15 is 0 Å². The number of likely N-dealkylation sites (tertiary alicyclic amines) is 1. The molecular weight excluding hydrogens is 382 g/mol. The van der Waals surface area contributed by atoms with E-state index in [9.17, 15) is 23.2 Å². The maximum Gasteiger partial charge on any atom is 0.268 e. The molecule has 1 atom stereocenters. The van der Waals surface area contributed by atoms with Crippen molar-refractivity contribution >= 4 is 11.8 Å². The zero-order chi connectivity index (χ0) is 21.0. The molecule has 0 bridgehead atoms. The number of aromatic nitrogens is 1. The molecule has 1 aromatic carbocycles. The van der Waals surface area contributed by atoms with Crippen LogP contribution in [-0.2, 0) is 11.2 Å². The number of nitrogens with one attached hydrogen (secondary N) is 2. The van der Waals surface area contributed by atoms with Crippen molar-refractivity contribution in [2.45, 2.75) is 24.8 Å². The van der Waals surface area contributed by atoms with Crippen LogP contribution in [0.15, 0.2) is 47.4 Å². The van der Waals surface area contributed by atoms with Crippen molar-refractivity contribution in [1.29, 1.82) is 5.26 Å². The molecule has 1 aliphatic heterocycles. The van der Waals surface area contributed by atoms with Crippen LogP contribution in [-0.4, -0.2) is 46.8 Å². The zero-order valence-electron chi connectivity index (χ0n) is 15.3. The van der Waals surface area contributed by atoms with E-state index in [1.165, 1.54) is 12.3 Å². The van der Waals surface area contributed by atoms with Crippen molar-refractivity contribution in [3.8, 4) is 6.07 Å². The number of carbonyl (C=O) groups is 2. The summed E-state index contributed by atoms with van der Waals surface area (Å²) in [5.41, 5.74) is 1.15. The number of rotatable bonds is 5. The summed E-state index contributed by atoms with van der Waals surface area (Å²) in [5.74, 6) is -4.52. The highest BCUT2D eigenvalue weighted by Gasteiger charge is 2.47. The first-order chi connectivity index (χ1) is 13.8. The summed E-state index contributed by atoms with van der Waals surface area (Å²) in [6, 6.07) is 11.0. The van der Waals surface area contributed by atoms with E-state index in [-0.39, 0.29) is 11.1 Å². The van der Waals surface area contributed by atoms with Crippen molar-refractivity contribution in [1.82, 2.24) is 15.2 Å². The minimum Gasteiger partial charge on any atom is -0.343 e. The highest BCUT2D eigenvalue weighted by molar-refractivity contribution is 5.97. The van der Waals surface area contributed by atoms with Crippen LogP contribution in [0, 0.1) is 11.3 Å². The van der Waals surface area contributed by atoms with Gasteiger partial charge in [0.25, 0.3) is 11.8 Å². The standard InChI is InChI=1S/C20H18F2N4O3/c21-20(22)8-15(9-23)26(12-20)18(28)11-25-19(29)16-10-24-17(27)7-14(16)6-13-4-2-1-3-5-13/h1-5,7,10,15H,6,8,11-12H2,(H,24,27)(H,25,29)/t15-/m0/s1. The zero-order valence-corrected chi connectivity index (χ0v) is 15.3. The third kappa shape index (κ3) is 4.85. The van der Waals surface area contributed by atoms with Crippen molar-refractivity contribution in [2.75, 3.05) is 13.1 Å². The molecule has 3 rings (SSSR count). The van der Waals surface area contributed by atoms with Crippen LogP contribution in [0.3, 0.4) is 0 Å². The summed E-state index contributed by atoms with van der Waals surface area (Å²) in [4.78, 5) is 39.7. The van der Waals surface area contributed by atoms with Gasteiger partial charge >= 0.3 is 0 Å². The summed E-state index contributed by atoms with van der Waals surface area (Å²) < 4.78 is 27.0. The van der Waals surface area contributed by atoms with Gasteiger partial charge in [-0.25, -0.2) is 8.78 Å². The van der Waals surface area contributed by atoms with Gasteiger partial charge in [-0.05, 0) is 17.5 Å². The molecule has 7 nitrogen and oxygen atoms in total. The molecule has 150 valence electrons. The van der Waals surface area contributed by atoms with Gasteiger partial charge in [0.1, 0.15) is 6.04 Å². The topological polar surface area (TPSA) is 106 Å². The molecule has 2 amide bonds. The van der Waals surface area contributed by atoms with E-state index in [1.54, 1.807) is 6.07 Å². The molecular formula is C20H18F2N4O3. The predicted molar refractivity (Wildman–Crippen MR) is 99.3 cm³/mol. The first-order valence-corrected chi connectivity index (χ1v) is 8.90. The van der Waals surface area contributed by atoms with E-state index in [4.69, 9.17) is 5.26 Å². The molecule has 0 unspecified atom stereocenters. The van der Waals surface area contributed by atoms with E-state index < -0.39 is 43.3 Å². The Morgan fingerprint density at radius 2 is 2.03 bits per heavy atom. The quantitative estimate of drug-likeness (QED) is 0.792. The Kier molecular flexibility index (Phi) is 5.73. The lowest BCUT2D eigenvalue weighted by Crippen LogP contribution is -2.43. The molecule has 1 aromatic heterocycles. The molecule has 1 fully saturated rings. The van der Waals surface area contributed by atoms with E-state index in [2.05, 4.69) is 10.3 Å². The van der Waals surface area contributed by atoms with Gasteiger partial charge in [0.15, 0.2) is 0 Å². The number of benzene rings is 1. The Morgan fingerprint density at radius 3 is 2.72 bits per heavy atom. The SMILES string of the molecule is N#C[C@@H]1CC(F)(F)CN1C(=O)CNC(=O)c1c[nH]c(=O)cc1Cc1ccccc1. The average molecular weight is 400 g/mol. The number of carbonyl (C=O) groups excluding carboxylic acids is 2. The normalized spacial score (nSPS) is 17.6. The van der Waals surface area contributed by atoms with Crippen LogP contribution in [0.2, 0.25) is 0 Å². The molecule has 0 radical (unpaired) electrons. The first kappa shape index (κ1) is 20.2. The average Bonchev–Trinajstić information content (AvgIpc) is 3.01. The lowest BCUT2D eigenvalue weighted by Gasteiger charge is -2.19. The minimum absolute atomic E-state index is 0.171. The van der Waals surface area contributed by atoms with Crippen LogP contribution in [0.25, 0.3) is 0 Å². The Morgan fingerprint density at radius 1 is 1.31 bits per heavy atom. The first-order valence-electron chi connectivity index (χ1n) is 8.90. The second kappa shape index (κ2) is 8.22. The fraction of sp³-hybridized carbons (Fsp3) is 0.300. The second-order valence-electron chi connectivity index (χ2n) is 6.81. The molecule has 0 saturated carbocycles. The number of nitrogens with zero attached hydrogens (tertiary/aromatic N) is 2. The molecule has 0 spiro atoms. The molecule has 29 heavy (non-hydrogen) atoms. The van der Waals surface area contributed by atoms with Crippen molar-refractivity contribution in [2.24, 2.45) is 0 Å². The summed E-state index contributed by atoms with van der Waals surface area (Å²) >= 11 is 0. The summed E-state index contributed by atoms with van der Waals surface area (Å²) in [5, 5.41) is 11.4. The van der Waals surface area contributed by atoms with E-state index in [1.807, 2.05) is 30.3 Å². The highest BCUT2D eigenvalue weighted by atomic mass is 19.3. The van der Waals surface area contributed by atoms with E-state index in [0.717, 1.165) is 10.5 Å². The van der Waals surface area contributed by atoms with Gasteiger partial charge in [-0.1, -0.05) is 30.3 Å². The number of amides is 2. The molecule has 2 N–H and O–H groups in total.